The molecule has 0 aromatic rings. The van der Waals surface area contributed by atoms with Gasteiger partial charge in [0.25, 0.3) is 0 Å². The summed E-state index contributed by atoms with van der Waals surface area (Å²) in [4.78, 5) is 13.4. The fraction of sp³-hybridized carbons (Fsp3) is 0.874. The van der Waals surface area contributed by atoms with Gasteiger partial charge in [0, 0.05) is 6.42 Å². The fourth-order valence-corrected chi connectivity index (χ4v) is 14.1. The van der Waals surface area contributed by atoms with Crippen LogP contribution in [-0.2, 0) is 23.7 Å². The van der Waals surface area contributed by atoms with E-state index in [0.29, 0.717) is 12.8 Å². The Labute approximate surface area is 619 Å². The van der Waals surface area contributed by atoms with Gasteiger partial charge in [0.05, 0.1) is 32.0 Å². The lowest BCUT2D eigenvalue weighted by molar-refractivity contribution is -0.359. The summed E-state index contributed by atoms with van der Waals surface area (Å²) in [7, 11) is 0. The quantitative estimate of drug-likeness (QED) is 0.0204. The number of nitrogens with one attached hydrogen (secondary N) is 1. The maximum atomic E-state index is 13.4. The molecular weight excluding hydrogens is 1270 g/mol. The summed E-state index contributed by atoms with van der Waals surface area (Å²) in [5.74, 6) is -0.246. The van der Waals surface area contributed by atoms with Gasteiger partial charge in [-0.2, -0.15) is 0 Å². The molecular formula is C87H161NO13. The third kappa shape index (κ3) is 53.2. The molecule has 1 amide bonds. The van der Waals surface area contributed by atoms with Crippen LogP contribution in [0.1, 0.15) is 393 Å². The van der Waals surface area contributed by atoms with E-state index in [-0.39, 0.29) is 18.9 Å². The molecule has 0 radical (unpaired) electrons. The first-order chi connectivity index (χ1) is 49.6. The van der Waals surface area contributed by atoms with Crippen molar-refractivity contribution in [1.29, 1.82) is 0 Å². The molecule has 0 aromatic carbocycles. The van der Waals surface area contributed by atoms with Crippen LogP contribution in [0.2, 0.25) is 0 Å². The normalized spacial score (nSPS) is 22.0. The summed E-state index contributed by atoms with van der Waals surface area (Å²) in [6, 6.07) is -0.940. The topological polar surface area (TPSA) is 228 Å². The molecule has 592 valence electrons. The van der Waals surface area contributed by atoms with Gasteiger partial charge < -0.3 is 65.1 Å². The molecule has 14 heteroatoms. The van der Waals surface area contributed by atoms with Gasteiger partial charge in [0.2, 0.25) is 5.91 Å². The molecule has 0 saturated carbocycles. The van der Waals surface area contributed by atoms with Crippen LogP contribution >= 0.6 is 0 Å². The highest BCUT2D eigenvalue weighted by Crippen LogP contribution is 2.30. The van der Waals surface area contributed by atoms with E-state index in [4.69, 9.17) is 18.9 Å². The molecule has 12 unspecified atom stereocenters. The second-order valence-corrected chi connectivity index (χ2v) is 30.3. The van der Waals surface area contributed by atoms with Gasteiger partial charge in [-0.3, -0.25) is 4.79 Å². The van der Waals surface area contributed by atoms with E-state index in [1.165, 1.54) is 308 Å². The van der Waals surface area contributed by atoms with E-state index in [0.717, 1.165) is 51.4 Å². The second kappa shape index (κ2) is 70.7. The molecule has 0 spiro atoms. The first-order valence-electron chi connectivity index (χ1n) is 43.0. The van der Waals surface area contributed by atoms with Crippen LogP contribution in [-0.4, -0.2) is 140 Å². The molecule has 2 rings (SSSR count). The molecule has 2 fully saturated rings. The van der Waals surface area contributed by atoms with Crippen molar-refractivity contribution in [3.8, 4) is 0 Å². The fourth-order valence-electron chi connectivity index (χ4n) is 14.1. The van der Waals surface area contributed by atoms with E-state index >= 15 is 0 Å². The minimum absolute atomic E-state index is 0.246. The lowest BCUT2D eigenvalue weighted by Gasteiger charge is -2.46. The standard InChI is InChI=1S/C87H161NO13/c1-3-5-7-9-11-13-15-17-19-21-23-25-27-29-31-32-33-34-35-36-37-38-39-40-41-42-43-44-45-47-49-51-53-55-57-59-61-63-65-67-69-71-79(92)88-75(74-98-86-84(97)82(95)85(78(73-90)100-86)101-87-83(96)81(94)80(93)77(72-89)99-87)76(91)70-68-66-64-62-60-58-56-54-52-50-48-46-30-28-26-24-22-20-18-16-14-12-10-8-6-4-2/h15,17,21,23,52,54,60,62,68,70,75-78,80-87,89-91,93-97H,3-14,16,18-20,22,24-51,53,55-59,61,63-67,69,71-74H2,1-2H3,(H,88,92)/b17-15-,23-21-,54-52+,62-60+,70-68+. The predicted molar refractivity (Wildman–Crippen MR) is 420 cm³/mol. The Morgan fingerprint density at radius 2 is 0.663 bits per heavy atom. The van der Waals surface area contributed by atoms with Crippen LogP contribution in [0.3, 0.4) is 0 Å². The third-order valence-electron chi connectivity index (χ3n) is 20.9. The zero-order valence-corrected chi connectivity index (χ0v) is 65.2. The maximum Gasteiger partial charge on any atom is 0.220 e. The summed E-state index contributed by atoms with van der Waals surface area (Å²) >= 11 is 0. The third-order valence-corrected chi connectivity index (χ3v) is 20.9. The van der Waals surface area contributed by atoms with E-state index in [9.17, 15) is 45.6 Å². The van der Waals surface area contributed by atoms with Crippen molar-refractivity contribution in [3.05, 3.63) is 60.8 Å². The van der Waals surface area contributed by atoms with E-state index in [1.807, 2.05) is 6.08 Å². The summed E-state index contributed by atoms with van der Waals surface area (Å²) in [6.07, 6.45) is 80.5. The second-order valence-electron chi connectivity index (χ2n) is 30.3. The van der Waals surface area contributed by atoms with Gasteiger partial charge in [0.15, 0.2) is 12.6 Å². The molecule has 9 N–H and O–H groups in total. The van der Waals surface area contributed by atoms with Gasteiger partial charge in [-0.1, -0.05) is 370 Å². The first-order valence-corrected chi connectivity index (χ1v) is 43.0. The Hall–Kier alpha value is -2.31. The molecule has 0 bridgehead atoms. The van der Waals surface area contributed by atoms with Crippen molar-refractivity contribution in [2.75, 3.05) is 19.8 Å². The molecule has 14 nitrogen and oxygen atoms in total. The minimum Gasteiger partial charge on any atom is -0.394 e. The van der Waals surface area contributed by atoms with E-state index in [2.05, 4.69) is 67.8 Å². The Kier molecular flexibility index (Phi) is 66.3. The van der Waals surface area contributed by atoms with Crippen molar-refractivity contribution in [2.24, 2.45) is 0 Å². The highest BCUT2D eigenvalue weighted by atomic mass is 16.7. The molecule has 0 aliphatic carbocycles. The van der Waals surface area contributed by atoms with Crippen molar-refractivity contribution < 1.29 is 64.6 Å². The summed E-state index contributed by atoms with van der Waals surface area (Å²) < 4.78 is 22.9. The van der Waals surface area contributed by atoms with Crippen molar-refractivity contribution in [2.45, 2.75) is 466 Å². The molecule has 101 heavy (non-hydrogen) atoms. The monoisotopic (exact) mass is 1430 g/mol. The number of allylic oxidation sites excluding steroid dienone is 9. The van der Waals surface area contributed by atoms with Gasteiger partial charge >= 0.3 is 0 Å². The highest BCUT2D eigenvalue weighted by molar-refractivity contribution is 5.76. The van der Waals surface area contributed by atoms with E-state index in [1.54, 1.807) is 6.08 Å². The van der Waals surface area contributed by atoms with Crippen LogP contribution in [0.25, 0.3) is 0 Å². The highest BCUT2D eigenvalue weighted by Gasteiger charge is 2.51. The number of unbranched alkanes of at least 4 members (excludes halogenated alkanes) is 52. The summed E-state index contributed by atoms with van der Waals surface area (Å²) in [5.41, 5.74) is 0. The van der Waals surface area contributed by atoms with Gasteiger partial charge in [-0.25, -0.2) is 0 Å². The number of rotatable bonds is 73. The largest absolute Gasteiger partial charge is 0.394 e. The summed E-state index contributed by atoms with van der Waals surface area (Å²) in [5, 5.41) is 87.7. The summed E-state index contributed by atoms with van der Waals surface area (Å²) in [6.45, 7) is 2.82. The molecule has 0 aromatic heterocycles. The number of ether oxygens (including phenoxy) is 4. The van der Waals surface area contributed by atoms with Crippen LogP contribution in [0.4, 0.5) is 0 Å². The zero-order valence-electron chi connectivity index (χ0n) is 65.2. The van der Waals surface area contributed by atoms with Crippen LogP contribution in [0, 0.1) is 0 Å². The Bertz CT molecular complexity index is 1930. The smallest absolute Gasteiger partial charge is 0.220 e. The first kappa shape index (κ1) is 94.8. The Morgan fingerprint density at radius 3 is 1.03 bits per heavy atom. The number of carbonyl (C=O) groups is 1. The molecule has 12 atom stereocenters. The SMILES string of the molecule is CCCCCCC/C=C\C/C=C\CCCCCCCCCCCCCCCCCCCCCCCCCCCCCCCC(=O)NC(COC1OC(CO)C(OC2OC(CO)C(O)C(O)C2O)C(O)C1O)C(O)/C=C/CC/C=C/CC/C=C/CCCCCCCCCCCCCCCCCC. The molecule has 2 aliphatic rings. The minimum atomic E-state index is -1.79. The number of amides is 1. The lowest BCUT2D eigenvalue weighted by Crippen LogP contribution is -2.65. The average Bonchev–Trinajstić information content (AvgIpc) is 0.792. The van der Waals surface area contributed by atoms with Gasteiger partial charge in [-0.15, -0.1) is 0 Å². The van der Waals surface area contributed by atoms with Crippen LogP contribution in [0.15, 0.2) is 60.8 Å². The predicted octanol–water partition coefficient (Wildman–Crippen LogP) is 20.3. The van der Waals surface area contributed by atoms with Crippen molar-refractivity contribution in [1.82, 2.24) is 5.32 Å². The maximum absolute atomic E-state index is 13.4. The van der Waals surface area contributed by atoms with Crippen molar-refractivity contribution >= 4 is 5.91 Å². The number of aliphatic hydroxyl groups excluding tert-OH is 8. The molecule has 2 heterocycles. The zero-order chi connectivity index (χ0) is 73.0. The van der Waals surface area contributed by atoms with Crippen molar-refractivity contribution in [3.63, 3.8) is 0 Å². The number of hydrogen-bond donors (Lipinski definition) is 9. The number of hydrogen-bond acceptors (Lipinski definition) is 13. The average molecular weight is 1430 g/mol. The van der Waals surface area contributed by atoms with E-state index < -0.39 is 86.8 Å². The Balaban J connectivity index is 1.57. The number of aliphatic hydroxyl groups is 8. The Morgan fingerprint density at radius 1 is 0.356 bits per heavy atom. The van der Waals surface area contributed by atoms with Crippen LogP contribution < -0.4 is 5.32 Å². The molecule has 2 saturated heterocycles. The van der Waals surface area contributed by atoms with Crippen LogP contribution in [0.5, 0.6) is 0 Å². The van der Waals surface area contributed by atoms with Gasteiger partial charge in [-0.05, 0) is 77.0 Å². The molecule has 2 aliphatic heterocycles. The van der Waals surface area contributed by atoms with Gasteiger partial charge in [0.1, 0.15) is 48.8 Å². The lowest BCUT2D eigenvalue weighted by atomic mass is 9.97. The number of carbonyl (C=O) groups excluding carboxylic acids is 1.